The summed E-state index contributed by atoms with van der Waals surface area (Å²) in [7, 11) is 0. The third-order valence-corrected chi connectivity index (χ3v) is 3.01. The van der Waals surface area contributed by atoms with Crippen molar-refractivity contribution in [2.24, 2.45) is 0 Å². The predicted molar refractivity (Wildman–Crippen MR) is 74.7 cm³/mol. The highest BCUT2D eigenvalue weighted by Gasteiger charge is 2.23. The summed E-state index contributed by atoms with van der Waals surface area (Å²) in [4.78, 5) is 14.0. The van der Waals surface area contributed by atoms with Crippen molar-refractivity contribution in [1.29, 1.82) is 0 Å². The number of carbonyl (C=O) groups is 1. The van der Waals surface area contributed by atoms with E-state index >= 15 is 0 Å². The van der Waals surface area contributed by atoms with Crippen LogP contribution >= 0.6 is 0 Å². The van der Waals surface area contributed by atoms with Gasteiger partial charge in [0.25, 0.3) is 0 Å². The van der Waals surface area contributed by atoms with Crippen LogP contribution in [0.3, 0.4) is 0 Å². The van der Waals surface area contributed by atoms with Crippen molar-refractivity contribution in [3.05, 3.63) is 23.8 Å². The van der Waals surface area contributed by atoms with Gasteiger partial charge in [0.05, 0.1) is 6.54 Å². The number of nitrogens with one attached hydrogen (secondary N) is 1. The van der Waals surface area contributed by atoms with Crippen molar-refractivity contribution < 1.29 is 4.79 Å². The third kappa shape index (κ3) is 2.75. The van der Waals surface area contributed by atoms with Gasteiger partial charge in [-0.15, -0.1) is 0 Å². The van der Waals surface area contributed by atoms with Crippen molar-refractivity contribution in [3.63, 3.8) is 0 Å². The molecule has 2 rings (SSSR count). The summed E-state index contributed by atoms with van der Waals surface area (Å²) < 4.78 is 0. The largest absolute Gasteiger partial charge is 0.398 e. The minimum absolute atomic E-state index is 0.0535. The fraction of sp³-hybridized carbons (Fsp3) is 0.500. The van der Waals surface area contributed by atoms with E-state index in [-0.39, 0.29) is 11.4 Å². The molecule has 3 N–H and O–H groups in total. The highest BCUT2D eigenvalue weighted by atomic mass is 16.2. The number of carbonyl (C=O) groups excluding carboxylic acids is 1. The summed E-state index contributed by atoms with van der Waals surface area (Å²) in [6, 6.07) is 5.88. The lowest BCUT2D eigenvalue weighted by Gasteiger charge is -2.24. The zero-order valence-electron chi connectivity index (χ0n) is 11.3. The molecule has 0 saturated heterocycles. The Labute approximate surface area is 108 Å². The van der Waals surface area contributed by atoms with Gasteiger partial charge in [0.1, 0.15) is 0 Å². The summed E-state index contributed by atoms with van der Waals surface area (Å²) in [5.41, 5.74) is 8.84. The van der Waals surface area contributed by atoms with E-state index in [9.17, 15) is 4.79 Å². The number of anilines is 2. The van der Waals surface area contributed by atoms with Crippen molar-refractivity contribution in [3.8, 4) is 0 Å². The molecule has 1 aliphatic heterocycles. The van der Waals surface area contributed by atoms with Gasteiger partial charge in [-0.2, -0.15) is 0 Å². The van der Waals surface area contributed by atoms with E-state index in [0.717, 1.165) is 24.3 Å². The number of amides is 1. The molecule has 1 aromatic rings. The van der Waals surface area contributed by atoms with Crippen LogP contribution in [0.2, 0.25) is 0 Å². The Morgan fingerprint density at radius 3 is 2.83 bits per heavy atom. The predicted octanol–water partition coefficient (Wildman–Crippen LogP) is 1.55. The molecule has 1 heterocycles. The second-order valence-electron chi connectivity index (χ2n) is 5.81. The van der Waals surface area contributed by atoms with Gasteiger partial charge in [0.15, 0.2) is 0 Å². The summed E-state index contributed by atoms with van der Waals surface area (Å²) >= 11 is 0. The van der Waals surface area contributed by atoms with Crippen molar-refractivity contribution in [1.82, 2.24) is 5.32 Å². The Morgan fingerprint density at radius 2 is 2.17 bits per heavy atom. The van der Waals surface area contributed by atoms with E-state index in [1.165, 1.54) is 5.56 Å². The van der Waals surface area contributed by atoms with Gasteiger partial charge in [-0.3, -0.25) is 4.79 Å². The first-order chi connectivity index (χ1) is 8.37. The minimum atomic E-state index is -0.185. The Kier molecular flexibility index (Phi) is 3.20. The number of hydrogen-bond acceptors (Lipinski definition) is 3. The average molecular weight is 247 g/mol. The first-order valence-corrected chi connectivity index (χ1v) is 6.30. The summed E-state index contributed by atoms with van der Waals surface area (Å²) in [6.45, 7) is 7.22. The molecular formula is C14H21N3O. The van der Waals surface area contributed by atoms with Crippen molar-refractivity contribution in [2.45, 2.75) is 32.7 Å². The molecule has 0 aliphatic carbocycles. The molecule has 4 heteroatoms. The van der Waals surface area contributed by atoms with Crippen LogP contribution in [-0.4, -0.2) is 24.5 Å². The molecular weight excluding hydrogens is 226 g/mol. The van der Waals surface area contributed by atoms with E-state index < -0.39 is 0 Å². The molecule has 0 atom stereocenters. The van der Waals surface area contributed by atoms with E-state index in [2.05, 4.69) is 10.2 Å². The summed E-state index contributed by atoms with van der Waals surface area (Å²) in [5, 5.41) is 2.98. The van der Waals surface area contributed by atoms with E-state index in [1.54, 1.807) is 0 Å². The van der Waals surface area contributed by atoms with Crippen LogP contribution < -0.4 is 16.0 Å². The first kappa shape index (κ1) is 12.7. The third-order valence-electron chi connectivity index (χ3n) is 3.01. The molecule has 0 radical (unpaired) electrons. The van der Waals surface area contributed by atoms with Crippen LogP contribution in [0.5, 0.6) is 0 Å². The summed E-state index contributed by atoms with van der Waals surface area (Å²) in [6.07, 6.45) is 0.921. The average Bonchev–Trinajstić information content (AvgIpc) is 2.60. The summed E-state index contributed by atoms with van der Waals surface area (Å²) in [5.74, 6) is 0.0535. The molecule has 0 aromatic heterocycles. The Bertz CT molecular complexity index is 463. The maximum Gasteiger partial charge on any atom is 0.239 e. The topological polar surface area (TPSA) is 58.4 Å². The molecule has 1 amide bonds. The molecule has 1 aliphatic rings. The van der Waals surface area contributed by atoms with Crippen molar-refractivity contribution >= 4 is 17.3 Å². The first-order valence-electron chi connectivity index (χ1n) is 6.30. The number of nitrogen functional groups attached to an aromatic ring is 1. The SMILES string of the molecule is CC(C)(C)NC(=O)CN1CCc2c(N)cccc21. The van der Waals surface area contributed by atoms with Gasteiger partial charge in [-0.25, -0.2) is 0 Å². The van der Waals surface area contributed by atoms with Crippen molar-refractivity contribution in [2.75, 3.05) is 23.7 Å². The zero-order chi connectivity index (χ0) is 13.3. The fourth-order valence-corrected chi connectivity index (χ4v) is 2.32. The molecule has 0 saturated carbocycles. The lowest BCUT2D eigenvalue weighted by atomic mass is 10.1. The smallest absolute Gasteiger partial charge is 0.239 e. The number of benzene rings is 1. The van der Waals surface area contributed by atoms with Gasteiger partial charge in [-0.1, -0.05) is 6.07 Å². The van der Waals surface area contributed by atoms with Crippen LogP contribution in [-0.2, 0) is 11.2 Å². The minimum Gasteiger partial charge on any atom is -0.398 e. The van der Waals surface area contributed by atoms with E-state index in [4.69, 9.17) is 5.73 Å². The monoisotopic (exact) mass is 247 g/mol. The maximum atomic E-state index is 11.9. The van der Waals surface area contributed by atoms with Gasteiger partial charge in [0.2, 0.25) is 5.91 Å². The van der Waals surface area contributed by atoms with Crippen LogP contribution in [0.15, 0.2) is 18.2 Å². The molecule has 98 valence electrons. The quantitative estimate of drug-likeness (QED) is 0.779. The second-order valence-corrected chi connectivity index (χ2v) is 5.81. The number of nitrogens with zero attached hydrogens (tertiary/aromatic N) is 1. The normalized spacial score (nSPS) is 14.5. The van der Waals surface area contributed by atoms with Gasteiger partial charge < -0.3 is 16.0 Å². The Hall–Kier alpha value is -1.71. The lowest BCUT2D eigenvalue weighted by molar-refractivity contribution is -0.121. The van der Waals surface area contributed by atoms with Gasteiger partial charge >= 0.3 is 0 Å². The van der Waals surface area contributed by atoms with Crippen LogP contribution in [0, 0.1) is 0 Å². The molecule has 0 fully saturated rings. The van der Waals surface area contributed by atoms with Crippen LogP contribution in [0.4, 0.5) is 11.4 Å². The second kappa shape index (κ2) is 4.52. The molecule has 18 heavy (non-hydrogen) atoms. The number of nitrogens with two attached hydrogens (primary N) is 1. The number of fused-ring (bicyclic) bond motifs is 1. The standard InChI is InChI=1S/C14H21N3O/c1-14(2,3)16-13(18)9-17-8-7-10-11(15)5-4-6-12(10)17/h4-6H,7-9,15H2,1-3H3,(H,16,18). The highest BCUT2D eigenvalue weighted by molar-refractivity contribution is 5.83. The zero-order valence-corrected chi connectivity index (χ0v) is 11.3. The molecule has 4 nitrogen and oxygen atoms in total. The van der Waals surface area contributed by atoms with Crippen LogP contribution in [0.25, 0.3) is 0 Å². The molecule has 0 unspecified atom stereocenters. The van der Waals surface area contributed by atoms with E-state index in [1.807, 2.05) is 39.0 Å². The Morgan fingerprint density at radius 1 is 1.44 bits per heavy atom. The molecule has 0 bridgehead atoms. The molecule has 0 spiro atoms. The highest BCUT2D eigenvalue weighted by Crippen LogP contribution is 2.31. The Balaban J connectivity index is 2.06. The van der Waals surface area contributed by atoms with Gasteiger partial charge in [0, 0.05) is 29.0 Å². The fourth-order valence-electron chi connectivity index (χ4n) is 2.32. The molecule has 1 aromatic carbocycles. The number of rotatable bonds is 2. The van der Waals surface area contributed by atoms with Gasteiger partial charge in [-0.05, 0) is 39.3 Å². The van der Waals surface area contributed by atoms with E-state index in [0.29, 0.717) is 6.54 Å². The maximum absolute atomic E-state index is 11.9. The number of hydrogen-bond donors (Lipinski definition) is 2. The van der Waals surface area contributed by atoms with Crippen LogP contribution in [0.1, 0.15) is 26.3 Å². The lowest BCUT2D eigenvalue weighted by Crippen LogP contribution is -2.45.